The van der Waals surface area contributed by atoms with Crippen LogP contribution in [0.2, 0.25) is 0 Å². The van der Waals surface area contributed by atoms with Crippen LogP contribution in [-0.2, 0) is 13.1 Å². The van der Waals surface area contributed by atoms with Crippen LogP contribution in [0.15, 0.2) is 60.8 Å². The molecule has 0 bridgehead atoms. The summed E-state index contributed by atoms with van der Waals surface area (Å²) in [6.07, 6.45) is 3.27. The minimum Gasteiger partial charge on any atom is -0.350 e. The number of fused-ring (bicyclic) bond motifs is 1. The van der Waals surface area contributed by atoms with Crippen molar-refractivity contribution in [3.05, 3.63) is 94.6 Å². The van der Waals surface area contributed by atoms with Crippen LogP contribution in [0.3, 0.4) is 0 Å². The molecule has 2 aromatic carbocycles. The van der Waals surface area contributed by atoms with Crippen LogP contribution < -0.4 is 0 Å². The molecule has 3 aromatic rings. The summed E-state index contributed by atoms with van der Waals surface area (Å²) >= 11 is 0. The van der Waals surface area contributed by atoms with Gasteiger partial charge in [-0.15, -0.1) is 0 Å². The van der Waals surface area contributed by atoms with Gasteiger partial charge in [0.25, 0.3) is 0 Å². The fourth-order valence-electron chi connectivity index (χ4n) is 4.23. The zero-order valence-corrected chi connectivity index (χ0v) is 15.5. The first kappa shape index (κ1) is 17.0. The molecule has 1 atom stereocenters. The highest BCUT2D eigenvalue weighted by atomic mass is 19.1. The number of rotatable bonds is 3. The quantitative estimate of drug-likeness (QED) is 0.628. The minimum absolute atomic E-state index is 0.147. The molecule has 0 radical (unpaired) electrons. The van der Waals surface area contributed by atoms with Gasteiger partial charge in [0, 0.05) is 31.5 Å². The Labute approximate surface area is 154 Å². The van der Waals surface area contributed by atoms with E-state index in [0.717, 1.165) is 31.6 Å². The molecule has 0 fully saturated rings. The molecule has 2 nitrogen and oxygen atoms in total. The summed E-state index contributed by atoms with van der Waals surface area (Å²) in [6, 6.07) is 18.2. The Hall–Kier alpha value is -2.39. The number of nitrogens with zero attached hydrogens (tertiary/aromatic N) is 2. The first-order valence-corrected chi connectivity index (χ1v) is 9.32. The smallest absolute Gasteiger partial charge is 0.123 e. The molecular weight excluding hydrogens is 323 g/mol. The number of hydrogen-bond donors (Lipinski definition) is 0. The number of aryl methyl sites for hydroxylation is 3. The van der Waals surface area contributed by atoms with Crippen LogP contribution in [0.5, 0.6) is 0 Å². The topological polar surface area (TPSA) is 8.17 Å². The van der Waals surface area contributed by atoms with E-state index < -0.39 is 0 Å². The van der Waals surface area contributed by atoms with E-state index in [1.807, 2.05) is 12.1 Å². The van der Waals surface area contributed by atoms with Crippen molar-refractivity contribution in [2.45, 2.75) is 39.4 Å². The zero-order chi connectivity index (χ0) is 18.1. The Morgan fingerprint density at radius 2 is 1.69 bits per heavy atom. The third-order valence-corrected chi connectivity index (χ3v) is 5.21. The maximum atomic E-state index is 13.5. The van der Waals surface area contributed by atoms with Crippen molar-refractivity contribution < 1.29 is 4.39 Å². The minimum atomic E-state index is -0.182. The first-order valence-electron chi connectivity index (χ1n) is 9.32. The molecule has 0 saturated heterocycles. The molecular formula is C23H25FN2. The SMILES string of the molecule is Cc1cc(C)cc(CN2CCCn3cccc3[C@@H]2c2ccc(F)cc2)c1. The molecule has 4 rings (SSSR count). The van der Waals surface area contributed by atoms with Crippen LogP contribution in [0.4, 0.5) is 4.39 Å². The van der Waals surface area contributed by atoms with Crippen molar-refractivity contribution in [2.24, 2.45) is 0 Å². The Bertz CT molecular complexity index is 875. The second kappa shape index (κ2) is 7.08. The molecule has 0 saturated carbocycles. The Morgan fingerprint density at radius 3 is 2.42 bits per heavy atom. The van der Waals surface area contributed by atoms with Crippen molar-refractivity contribution in [3.8, 4) is 0 Å². The zero-order valence-electron chi connectivity index (χ0n) is 15.5. The second-order valence-corrected chi connectivity index (χ2v) is 7.40. The van der Waals surface area contributed by atoms with Gasteiger partial charge in [0.1, 0.15) is 5.82 Å². The molecule has 0 aliphatic carbocycles. The number of hydrogen-bond acceptors (Lipinski definition) is 1. The molecule has 134 valence electrons. The molecule has 3 heteroatoms. The molecule has 26 heavy (non-hydrogen) atoms. The lowest BCUT2D eigenvalue weighted by Gasteiger charge is -2.31. The molecule has 0 spiro atoms. The highest BCUT2D eigenvalue weighted by Crippen LogP contribution is 2.33. The second-order valence-electron chi connectivity index (χ2n) is 7.40. The Balaban J connectivity index is 1.74. The fourth-order valence-corrected chi connectivity index (χ4v) is 4.23. The molecule has 0 unspecified atom stereocenters. The summed E-state index contributed by atoms with van der Waals surface area (Å²) in [5.74, 6) is -0.182. The summed E-state index contributed by atoms with van der Waals surface area (Å²) < 4.78 is 15.8. The average molecular weight is 348 g/mol. The molecule has 0 amide bonds. The van der Waals surface area contributed by atoms with Crippen LogP contribution in [-0.4, -0.2) is 16.0 Å². The van der Waals surface area contributed by atoms with Crippen molar-refractivity contribution in [2.75, 3.05) is 6.54 Å². The standard InChI is InChI=1S/C23H25FN2/c1-17-13-18(2)15-19(14-17)16-26-12-4-11-25-10-3-5-22(25)23(26)20-6-8-21(24)9-7-20/h3,5-10,13-15,23H,4,11-12,16H2,1-2H3/t23-/m0/s1. The lowest BCUT2D eigenvalue weighted by atomic mass is 10.00. The Morgan fingerprint density at radius 1 is 0.962 bits per heavy atom. The summed E-state index contributed by atoms with van der Waals surface area (Å²) in [4.78, 5) is 2.53. The van der Waals surface area contributed by atoms with E-state index in [1.165, 1.54) is 22.4 Å². The first-order chi connectivity index (χ1) is 12.6. The maximum absolute atomic E-state index is 13.5. The van der Waals surface area contributed by atoms with Crippen LogP contribution in [0.1, 0.15) is 40.4 Å². The van der Waals surface area contributed by atoms with Crippen molar-refractivity contribution >= 4 is 0 Å². The van der Waals surface area contributed by atoms with Gasteiger partial charge in [-0.25, -0.2) is 4.39 Å². The van der Waals surface area contributed by atoms with Crippen molar-refractivity contribution in [1.82, 2.24) is 9.47 Å². The van der Waals surface area contributed by atoms with Gasteiger partial charge in [-0.1, -0.05) is 41.5 Å². The molecule has 0 N–H and O–H groups in total. The molecule has 1 aromatic heterocycles. The predicted molar refractivity (Wildman–Crippen MR) is 104 cm³/mol. The predicted octanol–water partition coefficient (Wildman–Crippen LogP) is 5.24. The highest BCUT2D eigenvalue weighted by Gasteiger charge is 2.27. The van der Waals surface area contributed by atoms with Gasteiger partial charge < -0.3 is 4.57 Å². The van der Waals surface area contributed by atoms with E-state index in [0.29, 0.717) is 0 Å². The van der Waals surface area contributed by atoms with E-state index in [9.17, 15) is 4.39 Å². The molecule has 1 aliphatic heterocycles. The largest absolute Gasteiger partial charge is 0.350 e. The Kier molecular flexibility index (Phi) is 4.64. The lowest BCUT2D eigenvalue weighted by molar-refractivity contribution is 0.220. The van der Waals surface area contributed by atoms with Gasteiger partial charge in [0.05, 0.1) is 6.04 Å². The third-order valence-electron chi connectivity index (χ3n) is 5.21. The normalized spacial score (nSPS) is 17.7. The van der Waals surface area contributed by atoms with E-state index in [4.69, 9.17) is 0 Å². The number of halogens is 1. The van der Waals surface area contributed by atoms with E-state index in [1.54, 1.807) is 12.1 Å². The number of aromatic nitrogens is 1. The summed E-state index contributed by atoms with van der Waals surface area (Å²) in [6.45, 7) is 7.26. The van der Waals surface area contributed by atoms with Gasteiger partial charge in [-0.05, 0) is 55.7 Å². The van der Waals surface area contributed by atoms with Gasteiger partial charge in [-0.2, -0.15) is 0 Å². The monoisotopic (exact) mass is 348 g/mol. The van der Waals surface area contributed by atoms with Crippen molar-refractivity contribution in [1.29, 1.82) is 0 Å². The van der Waals surface area contributed by atoms with E-state index >= 15 is 0 Å². The lowest BCUT2D eigenvalue weighted by Crippen LogP contribution is -2.29. The van der Waals surface area contributed by atoms with E-state index in [2.05, 4.69) is 59.8 Å². The maximum Gasteiger partial charge on any atom is 0.123 e. The summed E-state index contributed by atoms with van der Waals surface area (Å²) in [5.41, 5.74) is 6.39. The van der Waals surface area contributed by atoms with Crippen molar-refractivity contribution in [3.63, 3.8) is 0 Å². The number of benzene rings is 2. The van der Waals surface area contributed by atoms with Gasteiger partial charge in [0.15, 0.2) is 0 Å². The fraction of sp³-hybridized carbons (Fsp3) is 0.304. The van der Waals surface area contributed by atoms with E-state index in [-0.39, 0.29) is 11.9 Å². The van der Waals surface area contributed by atoms with Crippen LogP contribution in [0, 0.1) is 19.7 Å². The summed E-state index contributed by atoms with van der Waals surface area (Å²) in [5, 5.41) is 0. The average Bonchev–Trinajstić information content (AvgIpc) is 2.97. The molecule has 2 heterocycles. The highest BCUT2D eigenvalue weighted by molar-refractivity contribution is 5.32. The third kappa shape index (κ3) is 3.45. The van der Waals surface area contributed by atoms with Crippen LogP contribution >= 0.6 is 0 Å². The van der Waals surface area contributed by atoms with Gasteiger partial charge >= 0.3 is 0 Å². The molecule has 1 aliphatic rings. The van der Waals surface area contributed by atoms with Crippen LogP contribution in [0.25, 0.3) is 0 Å². The van der Waals surface area contributed by atoms with Gasteiger partial charge in [-0.3, -0.25) is 4.90 Å². The summed E-state index contributed by atoms with van der Waals surface area (Å²) in [7, 11) is 0. The van der Waals surface area contributed by atoms with Gasteiger partial charge in [0.2, 0.25) is 0 Å².